The first-order valence-electron chi connectivity index (χ1n) is 18.5. The van der Waals surface area contributed by atoms with Crippen molar-refractivity contribution >= 4 is 82.1 Å². The third-order valence-electron chi connectivity index (χ3n) is 11.0. The second-order valence-corrected chi connectivity index (χ2v) is 14.1. The molecule has 0 radical (unpaired) electrons. The van der Waals surface area contributed by atoms with Gasteiger partial charge in [0.15, 0.2) is 0 Å². The maximum Gasteiger partial charge on any atom is 0.143 e. The van der Waals surface area contributed by atoms with Gasteiger partial charge in [-0.2, -0.15) is 0 Å². The van der Waals surface area contributed by atoms with E-state index in [1.807, 2.05) is 0 Å². The van der Waals surface area contributed by atoms with Crippen LogP contribution in [0, 0.1) is 0 Å². The minimum atomic E-state index is 0.894. The quantitative estimate of drug-likeness (QED) is 0.168. The third-order valence-corrected chi connectivity index (χ3v) is 11.0. The number of furan rings is 1. The maximum absolute atomic E-state index is 6.78. The molecule has 0 aliphatic heterocycles. The van der Waals surface area contributed by atoms with E-state index in [0.29, 0.717) is 0 Å². The van der Waals surface area contributed by atoms with Crippen molar-refractivity contribution in [3.05, 3.63) is 200 Å². The van der Waals surface area contributed by atoms with Gasteiger partial charge in [-0.05, 0) is 103 Å². The van der Waals surface area contributed by atoms with Crippen molar-refractivity contribution in [1.82, 2.24) is 0 Å². The number of anilines is 3. The molecule has 0 aliphatic rings. The van der Waals surface area contributed by atoms with Crippen molar-refractivity contribution in [2.75, 3.05) is 4.90 Å². The first-order valence-corrected chi connectivity index (χ1v) is 18.5. The second kappa shape index (κ2) is 12.2. The number of hydrogen-bond donors (Lipinski definition) is 0. The van der Waals surface area contributed by atoms with E-state index in [1.165, 1.54) is 54.2 Å². The van der Waals surface area contributed by atoms with Gasteiger partial charge in [0.25, 0.3) is 0 Å². The lowest BCUT2D eigenvalue weighted by atomic mass is 9.97. The molecule has 0 amide bonds. The molecule has 0 bridgehead atoms. The van der Waals surface area contributed by atoms with Crippen molar-refractivity contribution in [3.8, 4) is 22.3 Å². The van der Waals surface area contributed by atoms with Crippen LogP contribution in [0.5, 0.6) is 0 Å². The molecular weight excluding hydrogens is 655 g/mol. The lowest BCUT2D eigenvalue weighted by Gasteiger charge is -2.28. The minimum Gasteiger partial charge on any atom is -0.455 e. The standard InChI is InChI=1S/C52H33NO/c1-2-13-36-29-40(25-23-34(36)11-1)37-16-9-17-42(30-37)53(43-27-28-45-41(31-43)26-24-35-12-5-6-18-44(35)45)50-22-8-7-19-46(50)47-20-10-21-48-49-32-38-14-3-4-15-39(38)33-51(49)54-52(47)48/h1-33H. The molecule has 0 spiro atoms. The SMILES string of the molecule is c1cc(-c2ccc3ccccc3c2)cc(N(c2ccc3c(ccc4ccccc43)c2)c2ccccc2-c2cccc3c2oc2cc4ccccc4cc23)c1. The summed E-state index contributed by atoms with van der Waals surface area (Å²) in [5, 5.41) is 12.1. The molecule has 2 nitrogen and oxygen atoms in total. The number of rotatable bonds is 5. The predicted molar refractivity (Wildman–Crippen MR) is 229 cm³/mol. The van der Waals surface area contributed by atoms with Crippen LogP contribution in [0.15, 0.2) is 205 Å². The van der Waals surface area contributed by atoms with Crippen LogP contribution >= 0.6 is 0 Å². The molecule has 0 fully saturated rings. The number of para-hydroxylation sites is 2. The highest BCUT2D eigenvalue weighted by molar-refractivity contribution is 6.14. The zero-order chi connectivity index (χ0) is 35.6. The van der Waals surface area contributed by atoms with E-state index in [-0.39, 0.29) is 0 Å². The summed E-state index contributed by atoms with van der Waals surface area (Å²) in [7, 11) is 0. The highest BCUT2D eigenvalue weighted by Gasteiger charge is 2.21. The largest absolute Gasteiger partial charge is 0.455 e. The Hall–Kier alpha value is -7.16. The van der Waals surface area contributed by atoms with Gasteiger partial charge in [-0.15, -0.1) is 0 Å². The fraction of sp³-hybridized carbons (Fsp3) is 0. The van der Waals surface area contributed by atoms with Crippen LogP contribution in [-0.4, -0.2) is 0 Å². The normalized spacial score (nSPS) is 11.7. The van der Waals surface area contributed by atoms with E-state index in [1.54, 1.807) is 0 Å². The molecule has 54 heavy (non-hydrogen) atoms. The molecule has 0 unspecified atom stereocenters. The van der Waals surface area contributed by atoms with E-state index >= 15 is 0 Å². The van der Waals surface area contributed by atoms with Crippen LogP contribution in [0.4, 0.5) is 17.1 Å². The molecule has 2 heteroatoms. The van der Waals surface area contributed by atoms with Crippen molar-refractivity contribution < 1.29 is 4.42 Å². The molecule has 1 aromatic heterocycles. The van der Waals surface area contributed by atoms with Gasteiger partial charge in [0, 0.05) is 33.3 Å². The Balaban J connectivity index is 1.14. The van der Waals surface area contributed by atoms with E-state index in [2.05, 4.69) is 205 Å². The average molecular weight is 688 g/mol. The van der Waals surface area contributed by atoms with Gasteiger partial charge in [-0.25, -0.2) is 0 Å². The summed E-state index contributed by atoms with van der Waals surface area (Å²) in [5.74, 6) is 0. The lowest BCUT2D eigenvalue weighted by Crippen LogP contribution is -2.11. The summed E-state index contributed by atoms with van der Waals surface area (Å²) >= 11 is 0. The Morgan fingerprint density at radius 1 is 0.315 bits per heavy atom. The van der Waals surface area contributed by atoms with Crippen LogP contribution in [-0.2, 0) is 0 Å². The maximum atomic E-state index is 6.78. The van der Waals surface area contributed by atoms with Gasteiger partial charge < -0.3 is 9.32 Å². The summed E-state index contributed by atoms with van der Waals surface area (Å²) in [4.78, 5) is 2.41. The minimum absolute atomic E-state index is 0.894. The van der Waals surface area contributed by atoms with Crippen LogP contribution < -0.4 is 4.90 Å². The topological polar surface area (TPSA) is 16.4 Å². The zero-order valence-electron chi connectivity index (χ0n) is 29.4. The first kappa shape index (κ1) is 30.5. The van der Waals surface area contributed by atoms with Crippen LogP contribution in [0.3, 0.4) is 0 Å². The first-order chi connectivity index (χ1) is 26.7. The van der Waals surface area contributed by atoms with Gasteiger partial charge in [0.1, 0.15) is 11.2 Å². The molecule has 1 heterocycles. The number of nitrogens with zero attached hydrogens (tertiary/aromatic N) is 1. The fourth-order valence-electron chi connectivity index (χ4n) is 8.35. The van der Waals surface area contributed by atoms with E-state index in [0.717, 1.165) is 50.1 Å². The van der Waals surface area contributed by atoms with Gasteiger partial charge in [0.2, 0.25) is 0 Å². The summed E-state index contributed by atoms with van der Waals surface area (Å²) < 4.78 is 6.78. The molecule has 252 valence electrons. The van der Waals surface area contributed by atoms with E-state index in [9.17, 15) is 0 Å². The van der Waals surface area contributed by atoms with Crippen molar-refractivity contribution in [2.45, 2.75) is 0 Å². The summed E-state index contributed by atoms with van der Waals surface area (Å²) in [5.41, 5.74) is 9.55. The Kier molecular flexibility index (Phi) is 6.90. The van der Waals surface area contributed by atoms with Gasteiger partial charge >= 0.3 is 0 Å². The smallest absolute Gasteiger partial charge is 0.143 e. The molecule has 0 saturated carbocycles. The van der Waals surface area contributed by atoms with Crippen molar-refractivity contribution in [3.63, 3.8) is 0 Å². The molecule has 11 rings (SSSR count). The zero-order valence-corrected chi connectivity index (χ0v) is 29.4. The van der Waals surface area contributed by atoms with Crippen LogP contribution in [0.25, 0.3) is 87.3 Å². The van der Waals surface area contributed by atoms with Gasteiger partial charge in [-0.3, -0.25) is 0 Å². The summed E-state index contributed by atoms with van der Waals surface area (Å²) in [6.07, 6.45) is 0. The van der Waals surface area contributed by atoms with Crippen LogP contribution in [0.2, 0.25) is 0 Å². The molecule has 0 N–H and O–H groups in total. The molecule has 10 aromatic carbocycles. The summed E-state index contributed by atoms with van der Waals surface area (Å²) in [6.45, 7) is 0. The molecule has 0 saturated heterocycles. The Morgan fingerprint density at radius 3 is 1.81 bits per heavy atom. The van der Waals surface area contributed by atoms with Gasteiger partial charge in [0.05, 0.1) is 5.69 Å². The van der Waals surface area contributed by atoms with Crippen LogP contribution in [0.1, 0.15) is 0 Å². The van der Waals surface area contributed by atoms with E-state index in [4.69, 9.17) is 4.42 Å². The predicted octanol–water partition coefficient (Wildman–Crippen LogP) is 15.0. The highest BCUT2D eigenvalue weighted by Crippen LogP contribution is 2.46. The fourth-order valence-corrected chi connectivity index (χ4v) is 8.35. The van der Waals surface area contributed by atoms with Crippen molar-refractivity contribution in [2.24, 2.45) is 0 Å². The lowest BCUT2D eigenvalue weighted by molar-refractivity contribution is 0.670. The van der Waals surface area contributed by atoms with E-state index < -0.39 is 0 Å². The second-order valence-electron chi connectivity index (χ2n) is 14.1. The monoisotopic (exact) mass is 687 g/mol. The number of hydrogen-bond acceptors (Lipinski definition) is 2. The number of fused-ring (bicyclic) bond motifs is 8. The van der Waals surface area contributed by atoms with Gasteiger partial charge in [-0.1, -0.05) is 152 Å². The Labute approximate surface area is 312 Å². The molecular formula is C52H33NO. The average Bonchev–Trinajstić information content (AvgIpc) is 3.60. The molecule has 0 atom stereocenters. The highest BCUT2D eigenvalue weighted by atomic mass is 16.3. The third kappa shape index (κ3) is 4.96. The molecule has 11 aromatic rings. The summed E-state index contributed by atoms with van der Waals surface area (Å²) in [6, 6.07) is 72.4. The number of benzene rings is 10. The Bertz CT molecular complexity index is 3240. The molecule has 0 aliphatic carbocycles. The Morgan fingerprint density at radius 2 is 0.926 bits per heavy atom. The van der Waals surface area contributed by atoms with Crippen molar-refractivity contribution in [1.29, 1.82) is 0 Å².